The second-order valence-electron chi connectivity index (χ2n) is 10.2. The molecule has 2 aromatic rings. The number of aromatic carboxylic acids is 1. The number of hydrogen-bond acceptors (Lipinski definition) is 7. The lowest BCUT2D eigenvalue weighted by molar-refractivity contribution is -0.140. The molecule has 0 bridgehead atoms. The van der Waals surface area contributed by atoms with Gasteiger partial charge in [-0.05, 0) is 55.6 Å². The Balaban J connectivity index is 1.63. The predicted octanol–water partition coefficient (Wildman–Crippen LogP) is 1.92. The van der Waals surface area contributed by atoms with E-state index >= 15 is 0 Å². The molecular formula is C26H31ClN4O6S. The van der Waals surface area contributed by atoms with E-state index in [0.717, 1.165) is 30.7 Å². The number of likely N-dealkylation sites (tertiary alicyclic amines) is 1. The summed E-state index contributed by atoms with van der Waals surface area (Å²) in [5, 5.41) is 13.9. The zero-order valence-electron chi connectivity index (χ0n) is 21.4. The van der Waals surface area contributed by atoms with Crippen molar-refractivity contribution in [2.45, 2.75) is 36.3 Å². The fraction of sp³-hybridized carbons (Fsp3) is 0.462. The molecule has 1 aromatic heterocycles. The number of carboxylic acids is 1. The predicted molar refractivity (Wildman–Crippen MR) is 143 cm³/mol. The van der Waals surface area contributed by atoms with Gasteiger partial charge in [-0.15, -0.1) is 11.3 Å². The number of carbonyl (C=O) groups is 4. The largest absolute Gasteiger partial charge is 0.477 e. The average molecular weight is 563 g/mol. The van der Waals surface area contributed by atoms with Crippen LogP contribution >= 0.6 is 22.9 Å². The van der Waals surface area contributed by atoms with Crippen molar-refractivity contribution in [1.29, 1.82) is 0 Å². The Bertz CT molecular complexity index is 1240. The number of carbonyl (C=O) groups excluding carboxylic acids is 3. The third-order valence-corrected chi connectivity index (χ3v) is 8.75. The van der Waals surface area contributed by atoms with Gasteiger partial charge in [-0.25, -0.2) is 4.79 Å². The summed E-state index contributed by atoms with van der Waals surface area (Å²) in [7, 11) is 5.44. The second-order valence-corrected chi connectivity index (χ2v) is 11.4. The summed E-state index contributed by atoms with van der Waals surface area (Å²) in [5.74, 6) is -3.73. The number of methoxy groups -OCH3 is 1. The van der Waals surface area contributed by atoms with Crippen molar-refractivity contribution in [3.05, 3.63) is 56.2 Å². The fourth-order valence-corrected chi connectivity index (χ4v) is 6.72. The summed E-state index contributed by atoms with van der Waals surface area (Å²) in [6, 6.07) is 5.56. The van der Waals surface area contributed by atoms with Gasteiger partial charge in [-0.3, -0.25) is 14.4 Å². The number of primary amides is 1. The first-order valence-electron chi connectivity index (χ1n) is 12.1. The highest BCUT2D eigenvalue weighted by Gasteiger charge is 2.50. The van der Waals surface area contributed by atoms with E-state index in [1.54, 1.807) is 12.1 Å². The number of ether oxygens (including phenoxy) is 1. The van der Waals surface area contributed by atoms with Crippen LogP contribution in [0.3, 0.4) is 0 Å². The van der Waals surface area contributed by atoms with Crippen LogP contribution in [0.1, 0.15) is 49.9 Å². The van der Waals surface area contributed by atoms with Gasteiger partial charge in [0.25, 0.3) is 5.91 Å². The number of thiophene rings is 1. The van der Waals surface area contributed by atoms with Crippen molar-refractivity contribution < 1.29 is 29.0 Å². The topological polar surface area (TPSA) is 142 Å². The number of nitrogens with two attached hydrogens (primary N) is 1. The normalized spacial score (nSPS) is 21.9. The van der Waals surface area contributed by atoms with Crippen LogP contribution in [0.2, 0.25) is 5.02 Å². The highest BCUT2D eigenvalue weighted by Crippen LogP contribution is 2.48. The zero-order valence-corrected chi connectivity index (χ0v) is 23.0. The van der Waals surface area contributed by atoms with Gasteiger partial charge < -0.3 is 30.7 Å². The van der Waals surface area contributed by atoms with E-state index in [0.29, 0.717) is 11.1 Å². The van der Waals surface area contributed by atoms with E-state index < -0.39 is 41.7 Å². The van der Waals surface area contributed by atoms with Crippen LogP contribution in [-0.2, 0) is 19.7 Å². The molecule has 10 nitrogen and oxygen atoms in total. The Morgan fingerprint density at radius 3 is 2.39 bits per heavy atom. The molecule has 2 aliphatic rings. The molecule has 3 amide bonds. The average Bonchev–Trinajstić information content (AvgIpc) is 3.37. The van der Waals surface area contributed by atoms with Gasteiger partial charge in [-0.2, -0.15) is 0 Å². The first-order valence-corrected chi connectivity index (χ1v) is 13.4. The molecule has 12 heteroatoms. The summed E-state index contributed by atoms with van der Waals surface area (Å²) in [6.45, 7) is 0.623. The highest BCUT2D eigenvalue weighted by molar-refractivity contribution is 7.12. The van der Waals surface area contributed by atoms with Crippen molar-refractivity contribution in [3.63, 3.8) is 0 Å². The van der Waals surface area contributed by atoms with E-state index in [1.165, 1.54) is 23.0 Å². The lowest BCUT2D eigenvalue weighted by atomic mass is 9.89. The number of likely N-dealkylation sites (N-methyl/N-ethyl adjacent to an activating group) is 1. The molecule has 204 valence electrons. The van der Waals surface area contributed by atoms with E-state index in [9.17, 15) is 24.3 Å². The number of halogens is 1. The van der Waals surface area contributed by atoms with E-state index in [4.69, 9.17) is 22.1 Å². The lowest BCUT2D eigenvalue weighted by Gasteiger charge is -2.26. The number of hydrogen-bond donors (Lipinski definition) is 3. The van der Waals surface area contributed by atoms with Gasteiger partial charge in [-0.1, -0.05) is 23.7 Å². The Morgan fingerprint density at radius 1 is 1.24 bits per heavy atom. The fourth-order valence-electron chi connectivity index (χ4n) is 5.42. The molecule has 3 atom stereocenters. The molecular weight excluding hydrogens is 532 g/mol. The van der Waals surface area contributed by atoms with Gasteiger partial charge >= 0.3 is 5.97 Å². The molecule has 2 heterocycles. The summed E-state index contributed by atoms with van der Waals surface area (Å²) in [5.41, 5.74) is 7.78. The maximum absolute atomic E-state index is 13.3. The molecule has 4 N–H and O–H groups in total. The van der Waals surface area contributed by atoms with Crippen LogP contribution in [0.5, 0.6) is 0 Å². The maximum atomic E-state index is 13.3. The minimum absolute atomic E-state index is 0.0230. The molecule has 38 heavy (non-hydrogen) atoms. The Kier molecular flexibility index (Phi) is 8.12. The SMILES string of the molecule is COCC(=O)N1CC(NC(=O)c2ccc(C3(CN(C)C)CC3)cc2)C(c2csc(C(=O)O)c2Cl)C1C(N)=O. The number of carboxylic acid groups (broad SMARTS) is 1. The first-order chi connectivity index (χ1) is 18.0. The van der Waals surface area contributed by atoms with Crippen LogP contribution in [0.15, 0.2) is 29.6 Å². The smallest absolute Gasteiger partial charge is 0.347 e. The Morgan fingerprint density at radius 2 is 1.89 bits per heavy atom. The van der Waals surface area contributed by atoms with Crippen molar-refractivity contribution >= 4 is 46.6 Å². The molecule has 0 spiro atoms. The number of rotatable bonds is 10. The molecule has 3 unspecified atom stereocenters. The lowest BCUT2D eigenvalue weighted by Crippen LogP contribution is -2.47. The molecule has 2 fully saturated rings. The Hall–Kier alpha value is -2.99. The van der Waals surface area contributed by atoms with Gasteiger partial charge in [0.15, 0.2) is 0 Å². The van der Waals surface area contributed by atoms with Gasteiger partial charge in [0.05, 0.1) is 11.1 Å². The van der Waals surface area contributed by atoms with Gasteiger partial charge in [0.1, 0.15) is 17.5 Å². The van der Waals surface area contributed by atoms with Crippen LogP contribution in [0.4, 0.5) is 0 Å². The third kappa shape index (κ3) is 5.42. The summed E-state index contributed by atoms with van der Waals surface area (Å²) < 4.78 is 4.96. The van der Waals surface area contributed by atoms with Crippen molar-refractivity contribution in [2.75, 3.05) is 40.9 Å². The number of nitrogens with one attached hydrogen (secondary N) is 1. The minimum atomic E-state index is -1.21. The standard InChI is InChI=1S/C26H31ClN4O6S/c1-30(2)13-26(8-9-26)15-6-4-14(5-7-15)24(34)29-17-10-31(18(32)11-37-3)21(23(28)33)19(17)16-12-38-22(20(16)27)25(35)36/h4-7,12,17,19,21H,8-11,13H2,1-3H3,(H2,28,33)(H,29,34)(H,35,36). The minimum Gasteiger partial charge on any atom is -0.477 e. The van der Waals surface area contributed by atoms with E-state index in [-0.39, 0.29) is 28.5 Å². The number of benzene rings is 1. The van der Waals surface area contributed by atoms with Crippen LogP contribution in [0, 0.1) is 0 Å². The van der Waals surface area contributed by atoms with E-state index in [1.807, 2.05) is 26.2 Å². The molecule has 1 saturated heterocycles. The van der Waals surface area contributed by atoms with Crippen LogP contribution < -0.4 is 11.1 Å². The third-order valence-electron chi connectivity index (χ3n) is 7.24. The first kappa shape index (κ1) is 28.0. The van der Waals surface area contributed by atoms with Crippen LogP contribution in [0.25, 0.3) is 0 Å². The molecule has 0 radical (unpaired) electrons. The molecule has 1 aliphatic carbocycles. The summed E-state index contributed by atoms with van der Waals surface area (Å²) in [4.78, 5) is 53.6. The molecule has 1 saturated carbocycles. The van der Waals surface area contributed by atoms with Gasteiger partial charge in [0.2, 0.25) is 11.8 Å². The van der Waals surface area contributed by atoms with Crippen molar-refractivity contribution in [3.8, 4) is 0 Å². The van der Waals surface area contributed by atoms with Crippen molar-refractivity contribution in [2.24, 2.45) is 5.73 Å². The zero-order chi connectivity index (χ0) is 27.8. The van der Waals surface area contributed by atoms with Crippen molar-refractivity contribution in [1.82, 2.24) is 15.1 Å². The molecule has 1 aliphatic heterocycles. The summed E-state index contributed by atoms with van der Waals surface area (Å²) in [6.07, 6.45) is 2.19. The quantitative estimate of drug-likeness (QED) is 0.401. The molecule has 4 rings (SSSR count). The number of nitrogens with zero attached hydrogens (tertiary/aromatic N) is 2. The maximum Gasteiger partial charge on any atom is 0.347 e. The monoisotopic (exact) mass is 562 g/mol. The number of amides is 3. The summed E-state index contributed by atoms with van der Waals surface area (Å²) >= 11 is 7.32. The second kappa shape index (κ2) is 11.0. The highest BCUT2D eigenvalue weighted by atomic mass is 35.5. The van der Waals surface area contributed by atoms with Crippen LogP contribution in [-0.4, -0.2) is 91.6 Å². The molecule has 1 aromatic carbocycles. The van der Waals surface area contributed by atoms with Gasteiger partial charge in [0, 0.05) is 37.1 Å². The Labute approximate surface area is 229 Å². The van der Waals surface area contributed by atoms with E-state index in [2.05, 4.69) is 10.2 Å².